The molecule has 8 heteroatoms. The van der Waals surface area contributed by atoms with E-state index in [9.17, 15) is 8.42 Å². The van der Waals surface area contributed by atoms with Crippen molar-refractivity contribution in [3.05, 3.63) is 72.3 Å². The summed E-state index contributed by atoms with van der Waals surface area (Å²) in [6, 6.07) is 21.9. The van der Waals surface area contributed by atoms with E-state index < -0.39 is 16.2 Å². The largest absolute Gasteiger partial charge is 0.496 e. The third-order valence-electron chi connectivity index (χ3n) is 6.00. The molecule has 0 fully saturated rings. The molecule has 0 unspecified atom stereocenters. The van der Waals surface area contributed by atoms with Gasteiger partial charge in [0.2, 0.25) is 0 Å². The minimum absolute atomic E-state index is 0.440. The van der Waals surface area contributed by atoms with Crippen LogP contribution < -0.4 is 20.5 Å². The minimum atomic E-state index is -3.64. The second kappa shape index (κ2) is 10.6. The average Bonchev–Trinajstić information content (AvgIpc) is 2.85. The monoisotopic (exact) mass is 495 g/mol. The zero-order chi connectivity index (χ0) is 25.0. The molecule has 0 aliphatic rings. The lowest BCUT2D eigenvalue weighted by Crippen LogP contribution is -2.86. The SMILES string of the molecule is COc1ccc2ccccc2c1-c1c(OC)ccc2cc([C@H](C[NH2+]CCN)OS(C)(=O)=O)ccc12. The summed E-state index contributed by atoms with van der Waals surface area (Å²) in [6.07, 6.45) is 0.443. The maximum absolute atomic E-state index is 11.9. The maximum Gasteiger partial charge on any atom is 0.265 e. The Morgan fingerprint density at radius 1 is 0.857 bits per heavy atom. The fourth-order valence-corrected chi connectivity index (χ4v) is 5.08. The van der Waals surface area contributed by atoms with Gasteiger partial charge in [-0.3, -0.25) is 4.18 Å². The van der Waals surface area contributed by atoms with Gasteiger partial charge in [0.1, 0.15) is 18.0 Å². The predicted octanol–water partition coefficient (Wildman–Crippen LogP) is 3.22. The van der Waals surface area contributed by atoms with E-state index >= 15 is 0 Å². The van der Waals surface area contributed by atoms with Crippen molar-refractivity contribution in [1.82, 2.24) is 0 Å². The minimum Gasteiger partial charge on any atom is -0.496 e. The molecule has 0 saturated heterocycles. The van der Waals surface area contributed by atoms with Crippen LogP contribution in [0.4, 0.5) is 0 Å². The molecule has 184 valence electrons. The van der Waals surface area contributed by atoms with E-state index in [1.54, 1.807) is 14.2 Å². The van der Waals surface area contributed by atoms with Gasteiger partial charge in [-0.25, -0.2) is 0 Å². The lowest BCUT2D eigenvalue weighted by molar-refractivity contribution is -0.658. The first kappa shape index (κ1) is 24.9. The van der Waals surface area contributed by atoms with Crippen LogP contribution in [0.1, 0.15) is 11.7 Å². The lowest BCUT2D eigenvalue weighted by Gasteiger charge is -2.19. The van der Waals surface area contributed by atoms with Gasteiger partial charge in [-0.2, -0.15) is 8.42 Å². The molecular weight excluding hydrogens is 464 g/mol. The summed E-state index contributed by atoms with van der Waals surface area (Å²) in [5, 5.41) is 6.01. The van der Waals surface area contributed by atoms with Gasteiger partial charge in [0.05, 0.1) is 27.0 Å². The van der Waals surface area contributed by atoms with E-state index in [0.717, 1.165) is 56.0 Å². The number of rotatable bonds is 10. The fourth-order valence-electron chi connectivity index (χ4n) is 4.47. The smallest absolute Gasteiger partial charge is 0.265 e. The molecule has 0 spiro atoms. The Hall–Kier alpha value is -3.17. The van der Waals surface area contributed by atoms with Crippen molar-refractivity contribution < 1.29 is 27.4 Å². The molecule has 4 N–H and O–H groups in total. The standard InChI is InChI=1S/C27H30N2O5S/c1-32-23-12-9-18-6-4-5-7-21(18)26(23)27-22-11-8-20(16-19(22)10-13-24(27)33-2)25(17-29-15-14-28)34-35(3,30)31/h4-13,16,25,29H,14-15,17,28H2,1-3H3/p+1/t25-/m0/s1. The summed E-state index contributed by atoms with van der Waals surface area (Å²) in [5.41, 5.74) is 8.24. The number of fused-ring (bicyclic) bond motifs is 2. The second-order valence-electron chi connectivity index (χ2n) is 8.38. The van der Waals surface area contributed by atoms with E-state index in [0.29, 0.717) is 19.6 Å². The van der Waals surface area contributed by atoms with E-state index in [-0.39, 0.29) is 0 Å². The first-order valence-electron chi connectivity index (χ1n) is 11.4. The first-order valence-corrected chi connectivity index (χ1v) is 13.2. The summed E-state index contributed by atoms with van der Waals surface area (Å²) in [5.74, 6) is 1.47. The quantitative estimate of drug-likeness (QED) is 0.259. The maximum atomic E-state index is 11.9. The summed E-state index contributed by atoms with van der Waals surface area (Å²) in [4.78, 5) is 0. The molecule has 0 bridgehead atoms. The predicted molar refractivity (Wildman–Crippen MR) is 139 cm³/mol. The highest BCUT2D eigenvalue weighted by Crippen LogP contribution is 2.45. The van der Waals surface area contributed by atoms with Crippen LogP contribution in [0.2, 0.25) is 0 Å². The Morgan fingerprint density at radius 2 is 1.49 bits per heavy atom. The molecular formula is C27H31N2O5S+. The molecule has 0 heterocycles. The van der Waals surface area contributed by atoms with Crippen molar-refractivity contribution in [3.8, 4) is 22.6 Å². The van der Waals surface area contributed by atoms with Crippen LogP contribution in [0.5, 0.6) is 11.5 Å². The zero-order valence-electron chi connectivity index (χ0n) is 20.2. The highest BCUT2D eigenvalue weighted by atomic mass is 32.2. The molecule has 0 aliphatic carbocycles. The molecule has 4 aromatic rings. The topological polar surface area (TPSA) is 104 Å². The third kappa shape index (κ3) is 5.41. The van der Waals surface area contributed by atoms with Crippen LogP contribution in [-0.4, -0.2) is 48.5 Å². The number of ether oxygens (including phenoxy) is 2. The zero-order valence-corrected chi connectivity index (χ0v) is 21.0. The molecule has 7 nitrogen and oxygen atoms in total. The Bertz CT molecular complexity index is 1450. The van der Waals surface area contributed by atoms with Crippen molar-refractivity contribution in [2.24, 2.45) is 5.73 Å². The number of hydrogen-bond donors (Lipinski definition) is 2. The molecule has 0 aliphatic heterocycles. The van der Waals surface area contributed by atoms with Crippen LogP contribution >= 0.6 is 0 Å². The molecule has 0 aromatic heterocycles. The van der Waals surface area contributed by atoms with Crippen LogP contribution in [0.25, 0.3) is 32.7 Å². The summed E-state index contributed by atoms with van der Waals surface area (Å²) >= 11 is 0. The Morgan fingerprint density at radius 3 is 2.11 bits per heavy atom. The summed E-state index contributed by atoms with van der Waals surface area (Å²) in [7, 11) is -0.331. The van der Waals surface area contributed by atoms with Crippen LogP contribution in [-0.2, 0) is 14.3 Å². The third-order valence-corrected chi connectivity index (χ3v) is 6.58. The van der Waals surface area contributed by atoms with Crippen LogP contribution in [0, 0.1) is 0 Å². The van der Waals surface area contributed by atoms with Gasteiger partial charge in [-0.05, 0) is 45.3 Å². The highest BCUT2D eigenvalue weighted by molar-refractivity contribution is 7.86. The molecule has 0 amide bonds. The number of benzene rings is 4. The van der Waals surface area contributed by atoms with E-state index in [4.69, 9.17) is 19.4 Å². The molecule has 1 atom stereocenters. The van der Waals surface area contributed by atoms with Crippen LogP contribution in [0.3, 0.4) is 0 Å². The van der Waals surface area contributed by atoms with Crippen molar-refractivity contribution in [2.45, 2.75) is 6.10 Å². The molecule has 0 radical (unpaired) electrons. The summed E-state index contributed by atoms with van der Waals surface area (Å²) < 4.78 is 40.9. The average molecular weight is 496 g/mol. The van der Waals surface area contributed by atoms with Gasteiger partial charge in [-0.15, -0.1) is 0 Å². The van der Waals surface area contributed by atoms with Gasteiger partial charge in [0.15, 0.2) is 6.10 Å². The normalized spacial score (nSPS) is 12.7. The Balaban J connectivity index is 1.92. The number of methoxy groups -OCH3 is 2. The van der Waals surface area contributed by atoms with Crippen molar-refractivity contribution in [2.75, 3.05) is 40.1 Å². The highest BCUT2D eigenvalue weighted by Gasteiger charge is 2.22. The van der Waals surface area contributed by atoms with Crippen molar-refractivity contribution in [1.29, 1.82) is 0 Å². The first-order chi connectivity index (χ1) is 16.9. The van der Waals surface area contributed by atoms with E-state index in [2.05, 4.69) is 12.1 Å². The number of hydrogen-bond acceptors (Lipinski definition) is 6. The number of nitrogens with two attached hydrogens (primary N) is 2. The fraction of sp³-hybridized carbons (Fsp3) is 0.259. The van der Waals surface area contributed by atoms with Gasteiger partial charge in [-0.1, -0.05) is 48.5 Å². The van der Waals surface area contributed by atoms with Crippen molar-refractivity contribution in [3.63, 3.8) is 0 Å². The van der Waals surface area contributed by atoms with E-state index in [1.165, 1.54) is 0 Å². The summed E-state index contributed by atoms with van der Waals surface area (Å²) in [6.45, 7) is 1.62. The van der Waals surface area contributed by atoms with Gasteiger partial charge < -0.3 is 20.5 Å². The lowest BCUT2D eigenvalue weighted by atomic mass is 9.91. The van der Waals surface area contributed by atoms with Gasteiger partial charge >= 0.3 is 0 Å². The molecule has 4 aromatic carbocycles. The molecule has 4 rings (SSSR count). The van der Waals surface area contributed by atoms with E-state index in [1.807, 2.05) is 59.9 Å². The van der Waals surface area contributed by atoms with Gasteiger partial charge in [0.25, 0.3) is 10.1 Å². The van der Waals surface area contributed by atoms with Crippen LogP contribution in [0.15, 0.2) is 66.7 Å². The Kier molecular flexibility index (Phi) is 7.57. The Labute approximate surface area is 205 Å². The number of quaternary nitrogens is 1. The second-order valence-corrected chi connectivity index (χ2v) is 9.98. The van der Waals surface area contributed by atoms with Gasteiger partial charge in [0, 0.05) is 17.7 Å². The molecule has 35 heavy (non-hydrogen) atoms. The van der Waals surface area contributed by atoms with Crippen molar-refractivity contribution >= 4 is 31.7 Å². The molecule has 0 saturated carbocycles.